The Balaban J connectivity index is 1.75. The van der Waals surface area contributed by atoms with Crippen LogP contribution >= 0.6 is 11.6 Å². The van der Waals surface area contributed by atoms with E-state index in [4.69, 9.17) is 16.3 Å². The van der Waals surface area contributed by atoms with Crippen molar-refractivity contribution in [3.8, 4) is 11.8 Å². The average Bonchev–Trinajstić information content (AvgIpc) is 2.82. The molecule has 1 unspecified atom stereocenters. The van der Waals surface area contributed by atoms with Gasteiger partial charge in [-0.2, -0.15) is 5.26 Å². The standard InChI is InChI=1S/C27H17ClN2O/c28-24-13-7-6-12-21(24)25-22-15-14-19-10-4-5-11-20(19)26(22)31-27(23(25)16-29)30-17-18-8-2-1-3-9-18/h1-15,17,25H/b30-17+. The third-order valence-corrected chi connectivity index (χ3v) is 5.75. The van der Waals surface area contributed by atoms with E-state index in [2.05, 4.69) is 17.1 Å². The van der Waals surface area contributed by atoms with E-state index in [0.717, 1.165) is 27.5 Å². The van der Waals surface area contributed by atoms with Crippen LogP contribution in [0.1, 0.15) is 22.6 Å². The second-order valence-electron chi connectivity index (χ2n) is 7.26. The van der Waals surface area contributed by atoms with Gasteiger partial charge in [0.15, 0.2) is 0 Å². The molecular weight excluding hydrogens is 404 g/mol. The van der Waals surface area contributed by atoms with Crippen molar-refractivity contribution in [2.45, 2.75) is 5.92 Å². The molecule has 0 saturated heterocycles. The van der Waals surface area contributed by atoms with Gasteiger partial charge in [0.2, 0.25) is 5.88 Å². The molecule has 0 N–H and O–H groups in total. The van der Waals surface area contributed by atoms with Crippen molar-refractivity contribution in [3.63, 3.8) is 0 Å². The van der Waals surface area contributed by atoms with Gasteiger partial charge in [-0.25, -0.2) is 4.99 Å². The lowest BCUT2D eigenvalue weighted by atomic mass is 9.82. The fraction of sp³-hybridized carbons (Fsp3) is 0.0370. The second kappa shape index (κ2) is 8.10. The van der Waals surface area contributed by atoms with Crippen LogP contribution in [0, 0.1) is 11.3 Å². The van der Waals surface area contributed by atoms with Crippen LogP contribution in [0.25, 0.3) is 10.8 Å². The van der Waals surface area contributed by atoms with Gasteiger partial charge in [-0.15, -0.1) is 0 Å². The fourth-order valence-corrected chi connectivity index (χ4v) is 4.19. The minimum atomic E-state index is -0.366. The minimum absolute atomic E-state index is 0.292. The zero-order valence-corrected chi connectivity index (χ0v) is 17.3. The number of benzene rings is 4. The first-order chi connectivity index (χ1) is 15.3. The van der Waals surface area contributed by atoms with Crippen LogP contribution in [0.5, 0.6) is 5.75 Å². The summed E-state index contributed by atoms with van der Waals surface area (Å²) < 4.78 is 6.28. The largest absolute Gasteiger partial charge is 0.437 e. The Labute approximate surface area is 185 Å². The number of rotatable bonds is 3. The number of aliphatic imine (C=N–C) groups is 1. The summed E-state index contributed by atoms with van der Waals surface area (Å²) in [7, 11) is 0. The van der Waals surface area contributed by atoms with Crippen molar-refractivity contribution in [3.05, 3.63) is 124 Å². The molecule has 5 rings (SSSR count). The maximum absolute atomic E-state index is 10.1. The topological polar surface area (TPSA) is 45.4 Å². The van der Waals surface area contributed by atoms with Gasteiger partial charge in [0, 0.05) is 22.2 Å². The van der Waals surface area contributed by atoms with Crippen molar-refractivity contribution in [1.29, 1.82) is 5.26 Å². The van der Waals surface area contributed by atoms with Crippen LogP contribution in [0.2, 0.25) is 5.02 Å². The first kappa shape index (κ1) is 19.1. The van der Waals surface area contributed by atoms with Gasteiger partial charge in [-0.1, -0.05) is 96.5 Å². The van der Waals surface area contributed by atoms with Crippen LogP contribution in [-0.2, 0) is 0 Å². The highest BCUT2D eigenvalue weighted by molar-refractivity contribution is 6.31. The molecule has 0 radical (unpaired) electrons. The number of nitriles is 1. The summed E-state index contributed by atoms with van der Waals surface area (Å²) in [6.07, 6.45) is 1.71. The molecule has 1 aliphatic heterocycles. The Hall–Kier alpha value is -3.87. The van der Waals surface area contributed by atoms with Crippen molar-refractivity contribution in [2.24, 2.45) is 4.99 Å². The average molecular weight is 421 g/mol. The van der Waals surface area contributed by atoms with E-state index in [1.165, 1.54) is 0 Å². The molecule has 4 aromatic rings. The Kier molecular flexibility index (Phi) is 5.00. The zero-order valence-electron chi connectivity index (χ0n) is 16.5. The van der Waals surface area contributed by atoms with Crippen LogP contribution in [-0.4, -0.2) is 6.21 Å². The second-order valence-corrected chi connectivity index (χ2v) is 7.67. The molecule has 4 aromatic carbocycles. The van der Waals surface area contributed by atoms with Crippen LogP contribution in [0.15, 0.2) is 107 Å². The fourth-order valence-electron chi connectivity index (χ4n) is 3.94. The highest BCUT2D eigenvalue weighted by atomic mass is 35.5. The van der Waals surface area contributed by atoms with Gasteiger partial charge in [0.25, 0.3) is 0 Å². The first-order valence-corrected chi connectivity index (χ1v) is 10.3. The Bertz CT molecular complexity index is 1380. The molecule has 0 spiro atoms. The molecule has 4 heteroatoms. The lowest BCUT2D eigenvalue weighted by molar-refractivity contribution is 0.400. The molecule has 0 bridgehead atoms. The Morgan fingerprint density at radius 2 is 1.58 bits per heavy atom. The molecule has 1 aliphatic rings. The molecule has 0 aromatic heterocycles. The van der Waals surface area contributed by atoms with E-state index in [-0.39, 0.29) is 5.92 Å². The number of halogens is 1. The molecule has 1 heterocycles. The van der Waals surface area contributed by atoms with Gasteiger partial charge in [0.1, 0.15) is 17.4 Å². The molecule has 31 heavy (non-hydrogen) atoms. The third kappa shape index (κ3) is 3.48. The maximum Gasteiger partial charge on any atom is 0.234 e. The van der Waals surface area contributed by atoms with Crippen molar-refractivity contribution in [1.82, 2.24) is 0 Å². The van der Waals surface area contributed by atoms with E-state index < -0.39 is 0 Å². The predicted molar refractivity (Wildman–Crippen MR) is 125 cm³/mol. The number of hydrogen-bond acceptors (Lipinski definition) is 3. The van der Waals surface area contributed by atoms with Gasteiger partial charge in [0.05, 0.1) is 5.92 Å². The zero-order chi connectivity index (χ0) is 21.2. The summed E-state index contributed by atoms with van der Waals surface area (Å²) in [5.41, 5.74) is 3.12. The minimum Gasteiger partial charge on any atom is -0.437 e. The summed E-state index contributed by atoms with van der Waals surface area (Å²) in [6, 6.07) is 31.8. The maximum atomic E-state index is 10.1. The SMILES string of the molecule is N#CC1=C(/N=C/c2ccccc2)Oc2c(ccc3ccccc23)C1c1ccccc1Cl. The molecule has 3 nitrogen and oxygen atoms in total. The Morgan fingerprint density at radius 1 is 0.839 bits per heavy atom. The summed E-state index contributed by atoms with van der Waals surface area (Å²) in [6.45, 7) is 0. The van der Waals surface area contributed by atoms with Gasteiger partial charge in [-0.3, -0.25) is 0 Å². The molecule has 1 atom stereocenters. The van der Waals surface area contributed by atoms with E-state index in [1.807, 2.05) is 84.9 Å². The van der Waals surface area contributed by atoms with E-state index in [1.54, 1.807) is 6.21 Å². The number of ether oxygens (including phenoxy) is 1. The van der Waals surface area contributed by atoms with E-state index >= 15 is 0 Å². The van der Waals surface area contributed by atoms with Gasteiger partial charge < -0.3 is 4.74 Å². The quantitative estimate of drug-likeness (QED) is 0.339. The van der Waals surface area contributed by atoms with Crippen LogP contribution < -0.4 is 4.74 Å². The molecular formula is C27H17ClN2O. The van der Waals surface area contributed by atoms with Crippen LogP contribution in [0.3, 0.4) is 0 Å². The Morgan fingerprint density at radius 3 is 2.39 bits per heavy atom. The first-order valence-electron chi connectivity index (χ1n) is 9.93. The van der Waals surface area contributed by atoms with Crippen LogP contribution in [0.4, 0.5) is 0 Å². The van der Waals surface area contributed by atoms with Gasteiger partial charge >= 0.3 is 0 Å². The van der Waals surface area contributed by atoms with Crippen molar-refractivity contribution < 1.29 is 4.74 Å². The van der Waals surface area contributed by atoms with E-state index in [0.29, 0.717) is 22.2 Å². The smallest absolute Gasteiger partial charge is 0.234 e. The molecule has 0 aliphatic carbocycles. The van der Waals surface area contributed by atoms with Crippen molar-refractivity contribution >= 4 is 28.6 Å². The monoisotopic (exact) mass is 420 g/mol. The summed E-state index contributed by atoms with van der Waals surface area (Å²) in [5.74, 6) is 0.636. The molecule has 0 saturated carbocycles. The lowest BCUT2D eigenvalue weighted by Gasteiger charge is -2.28. The molecule has 0 fully saturated rings. The third-order valence-electron chi connectivity index (χ3n) is 5.41. The summed E-state index contributed by atoms with van der Waals surface area (Å²) in [5, 5.41) is 12.8. The molecule has 0 amide bonds. The van der Waals surface area contributed by atoms with Crippen molar-refractivity contribution in [2.75, 3.05) is 0 Å². The summed E-state index contributed by atoms with van der Waals surface area (Å²) >= 11 is 6.57. The van der Waals surface area contributed by atoms with Gasteiger partial charge in [-0.05, 0) is 22.6 Å². The highest BCUT2D eigenvalue weighted by Crippen LogP contribution is 2.47. The highest BCUT2D eigenvalue weighted by Gasteiger charge is 2.33. The number of allylic oxidation sites excluding steroid dienone is 1. The number of fused-ring (bicyclic) bond motifs is 3. The number of hydrogen-bond donors (Lipinski definition) is 0. The number of nitrogens with zero attached hydrogens (tertiary/aromatic N) is 2. The normalized spacial score (nSPS) is 15.5. The predicted octanol–water partition coefficient (Wildman–Crippen LogP) is 6.87. The lowest BCUT2D eigenvalue weighted by Crippen LogP contribution is -2.16. The van der Waals surface area contributed by atoms with E-state index in [9.17, 15) is 5.26 Å². The summed E-state index contributed by atoms with van der Waals surface area (Å²) in [4.78, 5) is 4.58. The molecule has 148 valence electrons.